The number of hydrogen-bond acceptors (Lipinski definition) is 2. The van der Waals surface area contributed by atoms with Crippen LogP contribution in [-0.4, -0.2) is 13.7 Å². The molecule has 1 saturated carbocycles. The van der Waals surface area contributed by atoms with Gasteiger partial charge in [-0.3, -0.25) is 0 Å². The van der Waals surface area contributed by atoms with Crippen molar-refractivity contribution < 1.29 is 4.74 Å². The van der Waals surface area contributed by atoms with Crippen LogP contribution in [0.15, 0.2) is 0 Å². The normalized spacial score (nSPS) is 23.5. The van der Waals surface area contributed by atoms with Crippen molar-refractivity contribution in [3.63, 3.8) is 0 Å². The Morgan fingerprint density at radius 3 is 2.29 bits per heavy atom. The molecule has 0 aromatic rings. The van der Waals surface area contributed by atoms with Gasteiger partial charge in [0.1, 0.15) is 0 Å². The Labute approximate surface area is 87.3 Å². The van der Waals surface area contributed by atoms with Crippen molar-refractivity contribution in [2.45, 2.75) is 45.4 Å². The van der Waals surface area contributed by atoms with Gasteiger partial charge in [-0.2, -0.15) is 5.26 Å². The fraction of sp³-hybridized carbons (Fsp3) is 0.917. The smallest absolute Gasteiger partial charge is 0.0693 e. The highest BCUT2D eigenvalue weighted by molar-refractivity contribution is 5.02. The van der Waals surface area contributed by atoms with Crippen molar-refractivity contribution in [2.75, 3.05) is 13.7 Å². The van der Waals surface area contributed by atoms with Gasteiger partial charge in [0.2, 0.25) is 0 Å². The van der Waals surface area contributed by atoms with Gasteiger partial charge in [-0.25, -0.2) is 0 Å². The summed E-state index contributed by atoms with van der Waals surface area (Å²) < 4.78 is 5.17. The molecule has 1 unspecified atom stereocenters. The molecule has 1 aliphatic rings. The zero-order valence-electron chi connectivity index (χ0n) is 9.38. The number of rotatable bonds is 3. The molecule has 1 aliphatic carbocycles. The molecule has 14 heavy (non-hydrogen) atoms. The third kappa shape index (κ3) is 2.48. The van der Waals surface area contributed by atoms with Gasteiger partial charge in [0.15, 0.2) is 0 Å². The minimum Gasteiger partial charge on any atom is -0.384 e. The Hall–Kier alpha value is -0.550. The largest absolute Gasteiger partial charge is 0.384 e. The average Bonchev–Trinajstić information content (AvgIpc) is 2.44. The monoisotopic (exact) mass is 195 g/mol. The second-order valence-electron chi connectivity index (χ2n) is 4.54. The minimum atomic E-state index is -0.105. The highest BCUT2D eigenvalue weighted by atomic mass is 16.5. The van der Waals surface area contributed by atoms with Crippen LogP contribution >= 0.6 is 0 Å². The fourth-order valence-corrected chi connectivity index (χ4v) is 2.48. The highest BCUT2D eigenvalue weighted by Crippen LogP contribution is 2.40. The second-order valence-corrected chi connectivity index (χ2v) is 4.54. The summed E-state index contributed by atoms with van der Waals surface area (Å²) in [7, 11) is 1.72. The van der Waals surface area contributed by atoms with Crippen LogP contribution in [0.1, 0.15) is 45.4 Å². The van der Waals surface area contributed by atoms with Gasteiger partial charge < -0.3 is 4.74 Å². The molecule has 80 valence electrons. The maximum absolute atomic E-state index is 9.36. The maximum Gasteiger partial charge on any atom is 0.0693 e. The lowest BCUT2D eigenvalue weighted by molar-refractivity contribution is 0.0923. The van der Waals surface area contributed by atoms with Gasteiger partial charge in [-0.15, -0.1) is 0 Å². The molecule has 0 saturated heterocycles. The molecule has 0 spiro atoms. The van der Waals surface area contributed by atoms with E-state index >= 15 is 0 Å². The van der Waals surface area contributed by atoms with Crippen LogP contribution in [-0.2, 0) is 4.74 Å². The van der Waals surface area contributed by atoms with Gasteiger partial charge in [-0.1, -0.05) is 32.6 Å². The van der Waals surface area contributed by atoms with Gasteiger partial charge >= 0.3 is 0 Å². The molecule has 0 aromatic heterocycles. The third-order valence-corrected chi connectivity index (χ3v) is 3.58. The van der Waals surface area contributed by atoms with E-state index in [4.69, 9.17) is 4.74 Å². The topological polar surface area (TPSA) is 33.0 Å². The van der Waals surface area contributed by atoms with Crippen molar-refractivity contribution in [1.29, 1.82) is 5.26 Å². The molecule has 0 N–H and O–H groups in total. The van der Waals surface area contributed by atoms with Crippen molar-refractivity contribution >= 4 is 0 Å². The second kappa shape index (κ2) is 5.36. The minimum absolute atomic E-state index is 0.105. The van der Waals surface area contributed by atoms with Crippen LogP contribution in [0.5, 0.6) is 0 Å². The Balaban J connectivity index is 2.67. The summed E-state index contributed by atoms with van der Waals surface area (Å²) in [5.74, 6) is 0.371. The molecule has 0 heterocycles. The molecule has 1 rings (SSSR count). The van der Waals surface area contributed by atoms with Gasteiger partial charge in [0, 0.05) is 7.11 Å². The summed E-state index contributed by atoms with van der Waals surface area (Å²) in [5, 5.41) is 9.36. The number of nitrogens with zero attached hydrogens (tertiary/aromatic N) is 1. The summed E-state index contributed by atoms with van der Waals surface area (Å²) in [6.45, 7) is 2.87. The van der Waals surface area contributed by atoms with Crippen molar-refractivity contribution in [1.82, 2.24) is 0 Å². The molecular weight excluding hydrogens is 174 g/mol. The van der Waals surface area contributed by atoms with Crippen LogP contribution in [0, 0.1) is 22.7 Å². The molecule has 0 aliphatic heterocycles. The first-order valence-corrected chi connectivity index (χ1v) is 5.65. The molecular formula is C12H21NO. The molecule has 0 bridgehead atoms. The number of ether oxygens (including phenoxy) is 1. The Morgan fingerprint density at radius 2 is 1.86 bits per heavy atom. The van der Waals surface area contributed by atoms with Crippen molar-refractivity contribution in [2.24, 2.45) is 11.3 Å². The van der Waals surface area contributed by atoms with Crippen molar-refractivity contribution in [3.05, 3.63) is 0 Å². The summed E-state index contributed by atoms with van der Waals surface area (Å²) in [6, 6.07) is 2.56. The molecule has 2 nitrogen and oxygen atoms in total. The zero-order valence-corrected chi connectivity index (χ0v) is 9.38. The summed E-state index contributed by atoms with van der Waals surface area (Å²) >= 11 is 0. The van der Waals surface area contributed by atoms with E-state index in [1.54, 1.807) is 7.11 Å². The lowest BCUT2D eigenvalue weighted by Gasteiger charge is -2.31. The zero-order chi connectivity index (χ0) is 10.4. The predicted octanol–water partition coefficient (Wildman–Crippen LogP) is 3.13. The predicted molar refractivity (Wildman–Crippen MR) is 56.8 cm³/mol. The van der Waals surface area contributed by atoms with Gasteiger partial charge in [-0.05, 0) is 18.8 Å². The van der Waals surface area contributed by atoms with E-state index in [1.807, 2.05) is 0 Å². The van der Waals surface area contributed by atoms with E-state index in [1.165, 1.54) is 25.7 Å². The van der Waals surface area contributed by atoms with Gasteiger partial charge in [0.25, 0.3) is 0 Å². The first-order valence-electron chi connectivity index (χ1n) is 5.65. The summed E-state index contributed by atoms with van der Waals surface area (Å²) in [6.07, 6.45) is 7.14. The lowest BCUT2D eigenvalue weighted by atomic mass is 9.72. The fourth-order valence-electron chi connectivity index (χ4n) is 2.48. The molecule has 2 heteroatoms. The first-order chi connectivity index (χ1) is 6.75. The quantitative estimate of drug-likeness (QED) is 0.648. The average molecular weight is 195 g/mol. The molecule has 0 radical (unpaired) electrons. The van der Waals surface area contributed by atoms with Gasteiger partial charge in [0.05, 0.1) is 18.1 Å². The Morgan fingerprint density at radius 1 is 1.29 bits per heavy atom. The van der Waals surface area contributed by atoms with E-state index in [2.05, 4.69) is 13.0 Å². The van der Waals surface area contributed by atoms with E-state index in [0.29, 0.717) is 12.5 Å². The van der Waals surface area contributed by atoms with E-state index in [-0.39, 0.29) is 5.41 Å². The van der Waals surface area contributed by atoms with E-state index in [9.17, 15) is 5.26 Å². The Bertz CT molecular complexity index is 199. The molecule has 0 amide bonds. The van der Waals surface area contributed by atoms with Crippen molar-refractivity contribution in [3.8, 4) is 6.07 Å². The van der Waals surface area contributed by atoms with E-state index < -0.39 is 0 Å². The number of hydrogen-bond donors (Lipinski definition) is 0. The van der Waals surface area contributed by atoms with Crippen LogP contribution < -0.4 is 0 Å². The third-order valence-electron chi connectivity index (χ3n) is 3.58. The number of methoxy groups -OCH3 is 1. The Kier molecular flexibility index (Phi) is 4.41. The summed E-state index contributed by atoms with van der Waals surface area (Å²) in [5.41, 5.74) is -0.105. The van der Waals surface area contributed by atoms with Crippen LogP contribution in [0.25, 0.3) is 0 Å². The van der Waals surface area contributed by atoms with Crippen LogP contribution in [0.3, 0.4) is 0 Å². The molecule has 1 atom stereocenters. The maximum atomic E-state index is 9.36. The standard InChI is InChI=1S/C12H21NO/c1-11(9-14-2)12(10-13)7-5-3-4-6-8-12/h11H,3-9H2,1-2H3. The SMILES string of the molecule is COCC(C)C1(C#N)CCCCCC1. The molecule has 1 fully saturated rings. The van der Waals surface area contributed by atoms with Crippen LogP contribution in [0.4, 0.5) is 0 Å². The molecule has 0 aromatic carbocycles. The summed E-state index contributed by atoms with van der Waals surface area (Å²) in [4.78, 5) is 0. The van der Waals surface area contributed by atoms with Crippen LogP contribution in [0.2, 0.25) is 0 Å². The first kappa shape index (κ1) is 11.5. The highest BCUT2D eigenvalue weighted by Gasteiger charge is 2.36. The number of nitriles is 1. The lowest BCUT2D eigenvalue weighted by Crippen LogP contribution is -2.29. The van der Waals surface area contributed by atoms with E-state index in [0.717, 1.165) is 12.8 Å².